The van der Waals surface area contributed by atoms with Crippen LogP contribution in [-0.4, -0.2) is 102 Å². The Labute approximate surface area is 349 Å². The molecule has 5 aliphatic rings. The van der Waals surface area contributed by atoms with Crippen LogP contribution < -0.4 is 24.8 Å². The Morgan fingerprint density at radius 1 is 1.05 bits per heavy atom. The molecule has 0 radical (unpaired) electrons. The predicted molar refractivity (Wildman–Crippen MR) is 216 cm³/mol. The molecule has 7 rings (SSSR count). The largest absolute Gasteiger partial charge is 0.497 e. The summed E-state index contributed by atoms with van der Waals surface area (Å²) in [5.41, 5.74) is -1.44. The zero-order chi connectivity index (χ0) is 43.5. The van der Waals surface area contributed by atoms with Crippen LogP contribution in [0.3, 0.4) is 0 Å². The number of amides is 4. The van der Waals surface area contributed by atoms with Gasteiger partial charge in [-0.1, -0.05) is 47.5 Å². The van der Waals surface area contributed by atoms with Crippen LogP contribution in [0, 0.1) is 29.1 Å². The molecule has 1 saturated heterocycles. The van der Waals surface area contributed by atoms with Crippen LogP contribution in [0.25, 0.3) is 11.0 Å². The zero-order valence-corrected chi connectivity index (χ0v) is 36.2. The quantitative estimate of drug-likeness (QED) is 0.338. The van der Waals surface area contributed by atoms with E-state index in [1.54, 1.807) is 39.0 Å². The maximum atomic E-state index is 14.8. The number of alkyl halides is 2. The molecule has 60 heavy (non-hydrogen) atoms. The van der Waals surface area contributed by atoms with Gasteiger partial charge < -0.3 is 29.7 Å². The lowest BCUT2D eigenvalue weighted by atomic mass is 9.85. The van der Waals surface area contributed by atoms with Crippen molar-refractivity contribution in [3.05, 3.63) is 23.9 Å². The number of aromatic nitrogens is 2. The summed E-state index contributed by atoms with van der Waals surface area (Å²) in [6, 6.07) is 2.72. The van der Waals surface area contributed by atoms with Gasteiger partial charge in [0, 0.05) is 12.5 Å². The molecule has 2 aromatic rings. The van der Waals surface area contributed by atoms with Crippen LogP contribution in [0.2, 0.25) is 0 Å². The number of nitrogens with one attached hydrogen (secondary N) is 3. The molecule has 3 N–H and O–H groups in total. The minimum atomic E-state index is -4.24. The standard InChI is InChI=1S/C42H58F2N6O9S/c1-22-17-32-26(23(22)2)11-9-8-10-12-29-36(46-30-18-24(57-7)13-14-28(30)45-29)58-25-19-31(50(21-25)37(52)33(40(3,4)5)47-39(54)59-32)35(51)48-42(20-27(42)34(43)44)38(53)49-60(55,56)41(6)15-16-41/h13-14,18,22-23,25-27,31-34H,8-12,15-17,19-21H2,1-7H3,(H,47,54)(H,48,51)(H,49,53)/t22-,23-,25+,26+,27?,31-,32+,33+,42+/m0/s1. The number of rotatable bonds is 7. The highest BCUT2D eigenvalue weighted by Crippen LogP contribution is 2.49. The molecule has 4 amide bonds. The summed E-state index contributed by atoms with van der Waals surface area (Å²) in [6.45, 7) is 10.9. The van der Waals surface area contributed by atoms with E-state index in [4.69, 9.17) is 24.2 Å². The van der Waals surface area contributed by atoms with E-state index in [2.05, 4.69) is 24.5 Å². The summed E-state index contributed by atoms with van der Waals surface area (Å²) in [5, 5.41) is 5.27. The Morgan fingerprint density at radius 2 is 1.78 bits per heavy atom. The second kappa shape index (κ2) is 16.2. The fourth-order valence-electron chi connectivity index (χ4n) is 9.16. The molecule has 1 unspecified atom stereocenters. The van der Waals surface area contributed by atoms with Crippen LogP contribution in [-0.2, 0) is 35.6 Å². The number of ether oxygens (including phenoxy) is 3. The summed E-state index contributed by atoms with van der Waals surface area (Å²) in [7, 11) is -2.70. The fourth-order valence-corrected chi connectivity index (χ4v) is 10.5. The molecule has 2 bridgehead atoms. The highest BCUT2D eigenvalue weighted by Gasteiger charge is 2.67. The molecule has 18 heteroatoms. The van der Waals surface area contributed by atoms with Crippen LogP contribution in [0.5, 0.6) is 11.6 Å². The van der Waals surface area contributed by atoms with Crippen molar-refractivity contribution in [3.8, 4) is 11.6 Å². The number of carbonyl (C=O) groups is 4. The van der Waals surface area contributed by atoms with Gasteiger partial charge >= 0.3 is 6.09 Å². The van der Waals surface area contributed by atoms with Crippen molar-refractivity contribution in [2.75, 3.05) is 13.7 Å². The third kappa shape index (κ3) is 8.58. The van der Waals surface area contributed by atoms with E-state index >= 15 is 0 Å². The number of aryl methyl sites for hydroxylation is 1. The molecule has 3 saturated carbocycles. The Morgan fingerprint density at radius 3 is 2.43 bits per heavy atom. The summed E-state index contributed by atoms with van der Waals surface area (Å²) >= 11 is 0. The molecular formula is C42H58F2N6O9S. The van der Waals surface area contributed by atoms with Crippen LogP contribution in [0.4, 0.5) is 13.6 Å². The maximum absolute atomic E-state index is 14.8. The minimum absolute atomic E-state index is 0.112. The number of nitrogens with zero attached hydrogens (tertiary/aromatic N) is 3. The van der Waals surface area contributed by atoms with Gasteiger partial charge in [-0.25, -0.2) is 32.0 Å². The predicted octanol–water partition coefficient (Wildman–Crippen LogP) is 5.04. The first-order valence-corrected chi connectivity index (χ1v) is 22.6. The molecule has 15 nitrogen and oxygen atoms in total. The van der Waals surface area contributed by atoms with Crippen molar-refractivity contribution in [3.63, 3.8) is 0 Å². The SMILES string of the molecule is COc1ccc2nc3c(nc2c1)O[C@@H]1C[C@@H](C(=O)N[C@]2(C(=O)NS(=O)(=O)C4(C)CC4)CC2C(F)F)N(C1)C(=O)[C@H](C(C)(C)C)NC(=O)O[C@@H]1C[C@H](C)[C@H](C)[C@H]1CCCCC3. The number of sulfonamides is 1. The summed E-state index contributed by atoms with van der Waals surface area (Å²) in [6.07, 6.45) is -0.569. The van der Waals surface area contributed by atoms with E-state index in [1.807, 2.05) is 4.72 Å². The molecule has 3 aliphatic carbocycles. The topological polar surface area (TPSA) is 195 Å². The average Bonchev–Trinajstić information content (AvgIpc) is 4.05. The van der Waals surface area contributed by atoms with Gasteiger partial charge in [0.15, 0.2) is 0 Å². The third-order valence-electron chi connectivity index (χ3n) is 13.7. The number of methoxy groups -OCH3 is 1. The zero-order valence-electron chi connectivity index (χ0n) is 35.4. The Balaban J connectivity index is 1.24. The van der Waals surface area contributed by atoms with Crippen molar-refractivity contribution >= 4 is 44.9 Å². The van der Waals surface area contributed by atoms with Crippen molar-refractivity contribution in [1.29, 1.82) is 0 Å². The van der Waals surface area contributed by atoms with E-state index < -0.39 is 86.5 Å². The van der Waals surface area contributed by atoms with Gasteiger partial charge in [0.25, 0.3) is 5.91 Å². The second-order valence-corrected chi connectivity index (χ2v) is 21.2. The number of alkyl carbamates (subject to hydrolysis) is 1. The monoisotopic (exact) mass is 860 g/mol. The first kappa shape index (κ1) is 43.7. The molecule has 3 heterocycles. The van der Waals surface area contributed by atoms with Crippen molar-refractivity contribution in [2.24, 2.45) is 29.1 Å². The first-order valence-electron chi connectivity index (χ1n) is 21.1. The number of halogens is 2. The van der Waals surface area contributed by atoms with E-state index in [0.717, 1.165) is 25.7 Å². The second-order valence-electron chi connectivity index (χ2n) is 19.0. The molecule has 2 aliphatic heterocycles. The molecule has 1 aromatic heterocycles. The average molecular weight is 861 g/mol. The minimum Gasteiger partial charge on any atom is -0.497 e. The molecular weight excluding hydrogens is 803 g/mol. The summed E-state index contributed by atoms with van der Waals surface area (Å²) in [5.74, 6) is -3.04. The number of hydrogen-bond donors (Lipinski definition) is 3. The van der Waals surface area contributed by atoms with Crippen molar-refractivity contribution < 1.29 is 50.6 Å². The number of benzene rings is 1. The Kier molecular flexibility index (Phi) is 11.8. The number of hydrogen-bond acceptors (Lipinski definition) is 11. The Bertz CT molecular complexity index is 2130. The van der Waals surface area contributed by atoms with E-state index in [-0.39, 0.29) is 30.9 Å². The summed E-state index contributed by atoms with van der Waals surface area (Å²) in [4.78, 5) is 67.6. The van der Waals surface area contributed by atoms with Gasteiger partial charge in [0.05, 0.1) is 35.4 Å². The number of carbonyl (C=O) groups excluding carboxylic acids is 4. The van der Waals surface area contributed by atoms with Gasteiger partial charge in [0.2, 0.25) is 34.1 Å². The summed E-state index contributed by atoms with van der Waals surface area (Å²) < 4.78 is 73.5. The van der Waals surface area contributed by atoms with Gasteiger partial charge in [-0.2, -0.15) is 0 Å². The molecule has 1 aromatic carbocycles. The maximum Gasteiger partial charge on any atom is 0.408 e. The smallest absolute Gasteiger partial charge is 0.408 e. The van der Waals surface area contributed by atoms with E-state index in [0.29, 0.717) is 60.0 Å². The van der Waals surface area contributed by atoms with Crippen LogP contribution in [0.1, 0.15) is 105 Å². The lowest BCUT2D eigenvalue weighted by Gasteiger charge is -2.35. The van der Waals surface area contributed by atoms with Crippen molar-refractivity contribution in [2.45, 2.75) is 147 Å². The Hall–Kier alpha value is -4.35. The van der Waals surface area contributed by atoms with E-state index in [1.165, 1.54) is 18.9 Å². The molecule has 330 valence electrons. The highest BCUT2D eigenvalue weighted by molar-refractivity contribution is 7.91. The fraction of sp³-hybridized carbons (Fsp3) is 0.714. The van der Waals surface area contributed by atoms with Gasteiger partial charge in [-0.05, 0) is 87.2 Å². The first-order chi connectivity index (χ1) is 28.2. The molecule has 4 fully saturated rings. The lowest BCUT2D eigenvalue weighted by Crippen LogP contribution is -2.60. The van der Waals surface area contributed by atoms with Crippen molar-refractivity contribution in [1.82, 2.24) is 30.2 Å². The van der Waals surface area contributed by atoms with Gasteiger partial charge in [-0.15, -0.1) is 0 Å². The van der Waals surface area contributed by atoms with Crippen LogP contribution >= 0.6 is 0 Å². The highest BCUT2D eigenvalue weighted by atomic mass is 32.2. The van der Waals surface area contributed by atoms with Gasteiger partial charge in [0.1, 0.15) is 41.3 Å². The van der Waals surface area contributed by atoms with Gasteiger partial charge in [-0.3, -0.25) is 19.1 Å². The molecule has 0 spiro atoms. The third-order valence-corrected chi connectivity index (χ3v) is 15.8. The molecule has 9 atom stereocenters. The number of fused-ring (bicyclic) bond motifs is 5. The van der Waals surface area contributed by atoms with Crippen LogP contribution in [0.15, 0.2) is 18.2 Å². The normalized spacial score (nSPS) is 32.1. The van der Waals surface area contributed by atoms with E-state index in [9.17, 15) is 36.4 Å². The lowest BCUT2D eigenvalue weighted by molar-refractivity contribution is -0.143.